The van der Waals surface area contributed by atoms with Crippen molar-refractivity contribution in [2.24, 2.45) is 5.92 Å². The van der Waals surface area contributed by atoms with Gasteiger partial charge in [0.15, 0.2) is 11.5 Å². The number of ether oxygens (including phenoxy) is 2. The summed E-state index contributed by atoms with van der Waals surface area (Å²) < 4.78 is 11.6. The molecule has 4 heteroatoms. The number of hydrogen-bond acceptors (Lipinski definition) is 4. The van der Waals surface area contributed by atoms with Gasteiger partial charge < -0.3 is 19.7 Å². The SMILES string of the molecule is CC1CN(c2ccc3c(c2)OCCCO3)C(C(C)C)CN1. The van der Waals surface area contributed by atoms with Crippen molar-refractivity contribution in [2.45, 2.75) is 39.3 Å². The number of hydrogen-bond donors (Lipinski definition) is 1. The molecule has 0 spiro atoms. The van der Waals surface area contributed by atoms with Crippen LogP contribution < -0.4 is 19.7 Å². The van der Waals surface area contributed by atoms with Crippen LogP contribution in [0, 0.1) is 5.92 Å². The average molecular weight is 290 g/mol. The molecule has 0 radical (unpaired) electrons. The molecule has 3 rings (SSSR count). The van der Waals surface area contributed by atoms with E-state index in [2.05, 4.69) is 49.2 Å². The Morgan fingerprint density at radius 3 is 2.71 bits per heavy atom. The molecule has 2 unspecified atom stereocenters. The summed E-state index contributed by atoms with van der Waals surface area (Å²) in [6.45, 7) is 10.4. The van der Waals surface area contributed by atoms with Crippen LogP contribution in [0.4, 0.5) is 5.69 Å². The van der Waals surface area contributed by atoms with Gasteiger partial charge in [-0.15, -0.1) is 0 Å². The van der Waals surface area contributed by atoms with Crippen molar-refractivity contribution in [3.63, 3.8) is 0 Å². The number of nitrogens with one attached hydrogen (secondary N) is 1. The summed E-state index contributed by atoms with van der Waals surface area (Å²) in [4.78, 5) is 2.51. The molecule has 2 aliphatic rings. The Labute approximate surface area is 127 Å². The van der Waals surface area contributed by atoms with E-state index < -0.39 is 0 Å². The van der Waals surface area contributed by atoms with Crippen molar-refractivity contribution < 1.29 is 9.47 Å². The van der Waals surface area contributed by atoms with Crippen LogP contribution in [-0.4, -0.2) is 38.4 Å². The second kappa shape index (κ2) is 6.14. The van der Waals surface area contributed by atoms with Gasteiger partial charge >= 0.3 is 0 Å². The van der Waals surface area contributed by atoms with Gasteiger partial charge in [0, 0.05) is 43.3 Å². The quantitative estimate of drug-likeness (QED) is 0.908. The summed E-state index contributed by atoms with van der Waals surface area (Å²) in [7, 11) is 0. The first-order valence-electron chi connectivity index (χ1n) is 8.05. The predicted octanol–water partition coefficient (Wildman–Crippen LogP) is 2.67. The summed E-state index contributed by atoms with van der Waals surface area (Å²) in [6, 6.07) is 7.40. The highest BCUT2D eigenvalue weighted by atomic mass is 16.5. The van der Waals surface area contributed by atoms with Crippen LogP contribution in [0.1, 0.15) is 27.2 Å². The highest BCUT2D eigenvalue weighted by molar-refractivity contribution is 5.57. The molecule has 1 saturated heterocycles. The van der Waals surface area contributed by atoms with E-state index in [1.165, 1.54) is 5.69 Å². The van der Waals surface area contributed by atoms with Crippen LogP contribution in [0.2, 0.25) is 0 Å². The van der Waals surface area contributed by atoms with Crippen molar-refractivity contribution in [1.82, 2.24) is 5.32 Å². The van der Waals surface area contributed by atoms with Crippen molar-refractivity contribution >= 4 is 5.69 Å². The smallest absolute Gasteiger partial charge is 0.163 e. The predicted molar refractivity (Wildman–Crippen MR) is 85.5 cm³/mol. The van der Waals surface area contributed by atoms with Gasteiger partial charge in [-0.1, -0.05) is 13.8 Å². The molecule has 0 saturated carbocycles. The maximum atomic E-state index is 5.84. The fraction of sp³-hybridized carbons (Fsp3) is 0.647. The Kier molecular flexibility index (Phi) is 4.24. The minimum Gasteiger partial charge on any atom is -0.490 e. The summed E-state index contributed by atoms with van der Waals surface area (Å²) in [5.41, 5.74) is 1.24. The summed E-state index contributed by atoms with van der Waals surface area (Å²) in [5, 5.41) is 3.59. The number of piperazine rings is 1. The Bertz CT molecular complexity index is 490. The van der Waals surface area contributed by atoms with Crippen LogP contribution in [-0.2, 0) is 0 Å². The number of nitrogens with zero attached hydrogens (tertiary/aromatic N) is 1. The lowest BCUT2D eigenvalue weighted by Crippen LogP contribution is -2.57. The monoisotopic (exact) mass is 290 g/mol. The molecule has 0 aromatic heterocycles. The Morgan fingerprint density at radius 2 is 1.95 bits per heavy atom. The van der Waals surface area contributed by atoms with Crippen molar-refractivity contribution in [3.05, 3.63) is 18.2 Å². The van der Waals surface area contributed by atoms with Crippen LogP contribution in [0.15, 0.2) is 18.2 Å². The lowest BCUT2D eigenvalue weighted by atomic mass is 9.98. The van der Waals surface area contributed by atoms with Gasteiger partial charge in [0.25, 0.3) is 0 Å². The van der Waals surface area contributed by atoms with Gasteiger partial charge in [-0.05, 0) is 25.0 Å². The summed E-state index contributed by atoms with van der Waals surface area (Å²) in [5.74, 6) is 2.38. The molecule has 0 bridgehead atoms. The third-order valence-corrected chi connectivity index (χ3v) is 4.38. The van der Waals surface area contributed by atoms with E-state index in [0.717, 1.165) is 44.2 Å². The molecule has 116 valence electrons. The van der Waals surface area contributed by atoms with Crippen LogP contribution >= 0.6 is 0 Å². The molecule has 2 atom stereocenters. The first-order valence-corrected chi connectivity index (χ1v) is 8.05. The molecule has 2 heterocycles. The molecule has 1 aromatic carbocycles. The molecular weight excluding hydrogens is 264 g/mol. The van der Waals surface area contributed by atoms with Crippen LogP contribution in [0.3, 0.4) is 0 Å². The van der Waals surface area contributed by atoms with E-state index in [-0.39, 0.29) is 0 Å². The highest BCUT2D eigenvalue weighted by Crippen LogP contribution is 2.35. The van der Waals surface area contributed by atoms with Crippen molar-refractivity contribution in [2.75, 3.05) is 31.2 Å². The minimum absolute atomic E-state index is 0.510. The number of anilines is 1. The first kappa shape index (κ1) is 14.5. The molecule has 0 amide bonds. The lowest BCUT2D eigenvalue weighted by Gasteiger charge is -2.43. The van der Waals surface area contributed by atoms with Crippen LogP contribution in [0.25, 0.3) is 0 Å². The largest absolute Gasteiger partial charge is 0.490 e. The standard InChI is InChI=1S/C17H26N2O2/c1-12(2)15-10-18-13(3)11-19(15)14-5-6-16-17(9-14)21-8-4-7-20-16/h5-6,9,12-13,15,18H,4,7-8,10-11H2,1-3H3. The Morgan fingerprint density at radius 1 is 1.19 bits per heavy atom. The first-order chi connectivity index (χ1) is 10.1. The van der Waals surface area contributed by atoms with Gasteiger partial charge in [-0.25, -0.2) is 0 Å². The zero-order valence-corrected chi connectivity index (χ0v) is 13.3. The van der Waals surface area contributed by atoms with E-state index in [0.29, 0.717) is 18.0 Å². The zero-order valence-electron chi connectivity index (χ0n) is 13.3. The normalized spacial score (nSPS) is 25.8. The summed E-state index contributed by atoms with van der Waals surface area (Å²) in [6.07, 6.45) is 0.948. The number of benzene rings is 1. The maximum Gasteiger partial charge on any atom is 0.163 e. The third-order valence-electron chi connectivity index (χ3n) is 4.38. The highest BCUT2D eigenvalue weighted by Gasteiger charge is 2.29. The van der Waals surface area contributed by atoms with Gasteiger partial charge in [-0.3, -0.25) is 0 Å². The second-order valence-electron chi connectivity index (χ2n) is 6.45. The van der Waals surface area contributed by atoms with E-state index in [1.807, 2.05) is 0 Å². The van der Waals surface area contributed by atoms with E-state index in [1.54, 1.807) is 0 Å². The van der Waals surface area contributed by atoms with Crippen molar-refractivity contribution in [3.8, 4) is 11.5 Å². The fourth-order valence-corrected chi connectivity index (χ4v) is 3.15. The number of fused-ring (bicyclic) bond motifs is 1. The fourth-order valence-electron chi connectivity index (χ4n) is 3.15. The maximum absolute atomic E-state index is 5.84. The zero-order chi connectivity index (χ0) is 14.8. The van der Waals surface area contributed by atoms with Gasteiger partial charge in [0.05, 0.1) is 13.2 Å². The average Bonchev–Trinajstić information content (AvgIpc) is 2.71. The topological polar surface area (TPSA) is 33.7 Å². The molecule has 4 nitrogen and oxygen atoms in total. The van der Waals surface area contributed by atoms with E-state index in [4.69, 9.17) is 9.47 Å². The van der Waals surface area contributed by atoms with Crippen LogP contribution in [0.5, 0.6) is 11.5 Å². The number of rotatable bonds is 2. The van der Waals surface area contributed by atoms with E-state index in [9.17, 15) is 0 Å². The molecule has 1 N–H and O–H groups in total. The Balaban J connectivity index is 1.88. The summed E-state index contributed by atoms with van der Waals surface area (Å²) >= 11 is 0. The van der Waals surface area contributed by atoms with Gasteiger partial charge in [0.2, 0.25) is 0 Å². The molecule has 21 heavy (non-hydrogen) atoms. The second-order valence-corrected chi connectivity index (χ2v) is 6.45. The Hall–Kier alpha value is -1.42. The molecule has 1 fully saturated rings. The third kappa shape index (κ3) is 3.10. The molecule has 1 aromatic rings. The van der Waals surface area contributed by atoms with Crippen molar-refractivity contribution in [1.29, 1.82) is 0 Å². The minimum atomic E-state index is 0.510. The molecular formula is C17H26N2O2. The van der Waals surface area contributed by atoms with E-state index >= 15 is 0 Å². The molecule has 2 aliphatic heterocycles. The van der Waals surface area contributed by atoms with Gasteiger partial charge in [-0.2, -0.15) is 0 Å². The van der Waals surface area contributed by atoms with Gasteiger partial charge in [0.1, 0.15) is 0 Å². The molecule has 0 aliphatic carbocycles. The lowest BCUT2D eigenvalue weighted by molar-refractivity contribution is 0.297.